The van der Waals surface area contributed by atoms with E-state index in [4.69, 9.17) is 9.47 Å². The fraction of sp³-hybridized carbons (Fsp3) is 0.458. The van der Waals surface area contributed by atoms with Crippen molar-refractivity contribution >= 4 is 11.6 Å². The van der Waals surface area contributed by atoms with Crippen LogP contribution < -0.4 is 14.8 Å². The van der Waals surface area contributed by atoms with E-state index in [1.54, 1.807) is 6.92 Å². The van der Waals surface area contributed by atoms with Crippen molar-refractivity contribution in [3.05, 3.63) is 54.1 Å². The van der Waals surface area contributed by atoms with E-state index in [2.05, 4.69) is 33.0 Å². The number of rotatable bonds is 9. The monoisotopic (exact) mass is 383 g/mol. The summed E-state index contributed by atoms with van der Waals surface area (Å²) >= 11 is 0. The van der Waals surface area contributed by atoms with Gasteiger partial charge in [-0.05, 0) is 60.7 Å². The van der Waals surface area contributed by atoms with Crippen LogP contribution >= 0.6 is 0 Å². The van der Waals surface area contributed by atoms with Gasteiger partial charge in [-0.3, -0.25) is 4.79 Å². The number of unbranched alkanes of at least 4 members (excludes halogenated alkanes) is 2. The van der Waals surface area contributed by atoms with Crippen molar-refractivity contribution in [2.24, 2.45) is 0 Å². The first-order valence-corrected chi connectivity index (χ1v) is 10.1. The summed E-state index contributed by atoms with van der Waals surface area (Å²) < 4.78 is 11.5. The van der Waals surface area contributed by atoms with Gasteiger partial charge in [-0.15, -0.1) is 0 Å². The molecule has 4 heteroatoms. The summed E-state index contributed by atoms with van der Waals surface area (Å²) in [5.74, 6) is 1.32. The molecule has 0 heterocycles. The molecule has 2 aromatic rings. The Balaban J connectivity index is 1.84. The molecule has 0 aliphatic rings. The predicted octanol–water partition coefficient (Wildman–Crippen LogP) is 5.96. The minimum atomic E-state index is -0.592. The van der Waals surface area contributed by atoms with Gasteiger partial charge in [0.15, 0.2) is 6.10 Å². The van der Waals surface area contributed by atoms with Crippen molar-refractivity contribution in [1.29, 1.82) is 0 Å². The summed E-state index contributed by atoms with van der Waals surface area (Å²) in [6, 6.07) is 15.3. The van der Waals surface area contributed by atoms with E-state index < -0.39 is 6.10 Å². The molecule has 0 aliphatic heterocycles. The molecule has 0 aromatic heterocycles. The smallest absolute Gasteiger partial charge is 0.265 e. The average molecular weight is 384 g/mol. The van der Waals surface area contributed by atoms with Gasteiger partial charge >= 0.3 is 0 Å². The van der Waals surface area contributed by atoms with E-state index in [-0.39, 0.29) is 11.3 Å². The largest absolute Gasteiger partial charge is 0.494 e. The Kier molecular flexibility index (Phi) is 7.91. The molecule has 0 saturated heterocycles. The van der Waals surface area contributed by atoms with Crippen LogP contribution in [0.4, 0.5) is 5.69 Å². The lowest BCUT2D eigenvalue weighted by Crippen LogP contribution is -2.30. The van der Waals surface area contributed by atoms with E-state index >= 15 is 0 Å². The third-order valence-electron chi connectivity index (χ3n) is 4.54. The first kappa shape index (κ1) is 21.8. The Morgan fingerprint density at radius 2 is 1.57 bits per heavy atom. The highest BCUT2D eigenvalue weighted by atomic mass is 16.5. The molecular formula is C24H33NO3. The number of hydrogen-bond donors (Lipinski definition) is 1. The molecule has 152 valence electrons. The van der Waals surface area contributed by atoms with Crippen LogP contribution in [-0.2, 0) is 10.2 Å². The molecule has 1 N–H and O–H groups in total. The van der Waals surface area contributed by atoms with E-state index in [0.717, 1.165) is 24.5 Å². The number of hydrogen-bond acceptors (Lipinski definition) is 3. The minimum Gasteiger partial charge on any atom is -0.494 e. The SMILES string of the molecule is CCCCCOc1ccc(NC(=O)C(C)Oc2ccc(C(C)(C)C)cc2)cc1. The lowest BCUT2D eigenvalue weighted by atomic mass is 9.87. The van der Waals surface area contributed by atoms with Crippen LogP contribution in [0.2, 0.25) is 0 Å². The maximum Gasteiger partial charge on any atom is 0.265 e. The highest BCUT2D eigenvalue weighted by Crippen LogP contribution is 2.25. The number of amides is 1. The van der Waals surface area contributed by atoms with Crippen LogP contribution in [0.5, 0.6) is 11.5 Å². The Morgan fingerprint density at radius 1 is 0.964 bits per heavy atom. The number of anilines is 1. The first-order valence-electron chi connectivity index (χ1n) is 10.1. The lowest BCUT2D eigenvalue weighted by Gasteiger charge is -2.20. The molecule has 0 spiro atoms. The quantitative estimate of drug-likeness (QED) is 0.544. The van der Waals surface area contributed by atoms with Crippen LogP contribution in [0, 0.1) is 0 Å². The molecular weight excluding hydrogens is 350 g/mol. The van der Waals surface area contributed by atoms with Crippen LogP contribution in [0.3, 0.4) is 0 Å². The van der Waals surface area contributed by atoms with Gasteiger partial charge in [-0.2, -0.15) is 0 Å². The molecule has 1 amide bonds. The Morgan fingerprint density at radius 3 is 2.14 bits per heavy atom. The number of benzene rings is 2. The van der Waals surface area contributed by atoms with E-state index in [1.807, 2.05) is 48.5 Å². The van der Waals surface area contributed by atoms with Gasteiger partial charge in [0.05, 0.1) is 6.61 Å². The fourth-order valence-corrected chi connectivity index (χ4v) is 2.71. The van der Waals surface area contributed by atoms with Gasteiger partial charge in [0.25, 0.3) is 5.91 Å². The second-order valence-corrected chi connectivity index (χ2v) is 8.10. The molecule has 0 bridgehead atoms. The van der Waals surface area contributed by atoms with Crippen molar-refractivity contribution in [1.82, 2.24) is 0 Å². The third kappa shape index (κ3) is 6.91. The summed E-state index contributed by atoms with van der Waals surface area (Å²) in [7, 11) is 0. The minimum absolute atomic E-state index is 0.0907. The van der Waals surface area contributed by atoms with Crippen molar-refractivity contribution in [3.63, 3.8) is 0 Å². The topological polar surface area (TPSA) is 47.6 Å². The maximum atomic E-state index is 12.4. The predicted molar refractivity (Wildman–Crippen MR) is 115 cm³/mol. The highest BCUT2D eigenvalue weighted by Gasteiger charge is 2.17. The van der Waals surface area contributed by atoms with Crippen LogP contribution in [0.1, 0.15) is 59.4 Å². The van der Waals surface area contributed by atoms with Crippen LogP contribution in [-0.4, -0.2) is 18.6 Å². The molecule has 2 rings (SSSR count). The van der Waals surface area contributed by atoms with Crippen molar-refractivity contribution < 1.29 is 14.3 Å². The summed E-state index contributed by atoms with van der Waals surface area (Å²) in [4.78, 5) is 12.4. The van der Waals surface area contributed by atoms with E-state index in [0.29, 0.717) is 5.75 Å². The van der Waals surface area contributed by atoms with Gasteiger partial charge < -0.3 is 14.8 Å². The average Bonchev–Trinajstić information content (AvgIpc) is 2.66. The van der Waals surface area contributed by atoms with E-state index in [9.17, 15) is 4.79 Å². The zero-order valence-electron chi connectivity index (χ0n) is 17.7. The number of ether oxygens (including phenoxy) is 2. The molecule has 0 radical (unpaired) electrons. The third-order valence-corrected chi connectivity index (χ3v) is 4.54. The number of carbonyl (C=O) groups excluding carboxylic acids is 1. The first-order chi connectivity index (χ1) is 13.3. The number of nitrogens with one attached hydrogen (secondary N) is 1. The van der Waals surface area contributed by atoms with Crippen molar-refractivity contribution in [3.8, 4) is 11.5 Å². The summed E-state index contributed by atoms with van der Waals surface area (Å²) in [6.45, 7) is 11.1. The van der Waals surface area contributed by atoms with Crippen LogP contribution in [0.15, 0.2) is 48.5 Å². The van der Waals surface area contributed by atoms with Gasteiger partial charge in [0.1, 0.15) is 11.5 Å². The maximum absolute atomic E-state index is 12.4. The fourth-order valence-electron chi connectivity index (χ4n) is 2.71. The standard InChI is InChI=1S/C24H33NO3/c1-6-7-8-17-27-21-15-11-20(12-16-21)25-23(26)18(2)28-22-13-9-19(10-14-22)24(3,4)5/h9-16,18H,6-8,17H2,1-5H3,(H,25,26). The Labute approximate surface area is 169 Å². The zero-order valence-corrected chi connectivity index (χ0v) is 17.7. The molecule has 0 saturated carbocycles. The second kappa shape index (κ2) is 10.2. The van der Waals surface area contributed by atoms with E-state index in [1.165, 1.54) is 18.4 Å². The summed E-state index contributed by atoms with van der Waals surface area (Å²) in [5, 5.41) is 2.88. The Hall–Kier alpha value is -2.49. The van der Waals surface area contributed by atoms with Crippen LogP contribution in [0.25, 0.3) is 0 Å². The molecule has 4 nitrogen and oxygen atoms in total. The second-order valence-electron chi connectivity index (χ2n) is 8.10. The van der Waals surface area contributed by atoms with Crippen molar-refractivity contribution in [2.45, 2.75) is 65.4 Å². The van der Waals surface area contributed by atoms with Gasteiger partial charge in [0, 0.05) is 5.69 Å². The summed E-state index contributed by atoms with van der Waals surface area (Å²) in [6.07, 6.45) is 2.81. The Bertz CT molecular complexity index is 730. The number of carbonyl (C=O) groups is 1. The van der Waals surface area contributed by atoms with Gasteiger partial charge in [0.2, 0.25) is 0 Å². The van der Waals surface area contributed by atoms with Gasteiger partial charge in [-0.25, -0.2) is 0 Å². The van der Waals surface area contributed by atoms with Crippen molar-refractivity contribution in [2.75, 3.05) is 11.9 Å². The molecule has 1 unspecified atom stereocenters. The lowest BCUT2D eigenvalue weighted by molar-refractivity contribution is -0.122. The molecule has 0 fully saturated rings. The highest BCUT2D eigenvalue weighted by molar-refractivity contribution is 5.94. The zero-order chi connectivity index (χ0) is 20.6. The molecule has 1 atom stereocenters. The molecule has 0 aliphatic carbocycles. The normalized spacial score (nSPS) is 12.3. The summed E-state index contributed by atoms with van der Waals surface area (Å²) in [5.41, 5.74) is 2.05. The molecule has 2 aromatic carbocycles. The molecule has 28 heavy (non-hydrogen) atoms. The van der Waals surface area contributed by atoms with Gasteiger partial charge in [-0.1, -0.05) is 52.7 Å².